The van der Waals surface area contributed by atoms with E-state index in [9.17, 15) is 14.9 Å². The molecule has 1 aromatic heterocycles. The van der Waals surface area contributed by atoms with Crippen LogP contribution in [-0.4, -0.2) is 34.9 Å². The summed E-state index contributed by atoms with van der Waals surface area (Å²) in [6, 6.07) is 1.52. The topological polar surface area (TPSA) is 88.4 Å². The molecule has 1 amide bonds. The monoisotopic (exact) mass is 366 g/mol. The van der Waals surface area contributed by atoms with Gasteiger partial charge in [0, 0.05) is 31.6 Å². The van der Waals surface area contributed by atoms with Crippen molar-refractivity contribution in [2.75, 3.05) is 18.0 Å². The molecule has 136 valence electrons. The Kier molecular flexibility index (Phi) is 5.73. The van der Waals surface area contributed by atoms with Crippen molar-refractivity contribution in [1.82, 2.24) is 10.3 Å². The minimum absolute atomic E-state index is 0.109. The second-order valence-electron chi connectivity index (χ2n) is 6.94. The third kappa shape index (κ3) is 4.60. The maximum Gasteiger partial charge on any atom is 0.289 e. The SMILES string of the molecule is O=C(CC1CCCC1)NC1CCN(c2ncc([N+](=O)[O-])cc2Cl)CC1. The highest BCUT2D eigenvalue weighted by Crippen LogP contribution is 2.30. The fourth-order valence-electron chi connectivity index (χ4n) is 3.75. The van der Waals surface area contributed by atoms with Gasteiger partial charge < -0.3 is 10.2 Å². The quantitative estimate of drug-likeness (QED) is 0.638. The van der Waals surface area contributed by atoms with Crippen molar-refractivity contribution in [2.45, 2.75) is 51.0 Å². The number of nitrogens with one attached hydrogen (secondary N) is 1. The highest BCUT2D eigenvalue weighted by Gasteiger charge is 2.25. The number of halogens is 1. The largest absolute Gasteiger partial charge is 0.355 e. The molecule has 0 bridgehead atoms. The third-order valence-corrected chi connectivity index (χ3v) is 5.40. The van der Waals surface area contributed by atoms with Crippen LogP contribution in [0, 0.1) is 16.0 Å². The second kappa shape index (κ2) is 7.99. The first-order valence-electron chi connectivity index (χ1n) is 8.87. The van der Waals surface area contributed by atoms with Crippen molar-refractivity contribution >= 4 is 29.0 Å². The van der Waals surface area contributed by atoms with Gasteiger partial charge in [0.05, 0.1) is 9.95 Å². The summed E-state index contributed by atoms with van der Waals surface area (Å²) in [7, 11) is 0. The third-order valence-electron chi connectivity index (χ3n) is 5.13. The van der Waals surface area contributed by atoms with E-state index in [1.54, 1.807) is 0 Å². The lowest BCUT2D eigenvalue weighted by Crippen LogP contribution is -2.45. The molecule has 0 radical (unpaired) electrons. The molecular formula is C17H23ClN4O3. The highest BCUT2D eigenvalue weighted by molar-refractivity contribution is 6.33. The molecule has 3 rings (SSSR count). The lowest BCUT2D eigenvalue weighted by atomic mass is 10.0. The van der Waals surface area contributed by atoms with Crippen LogP contribution < -0.4 is 10.2 Å². The Balaban J connectivity index is 1.50. The van der Waals surface area contributed by atoms with Gasteiger partial charge >= 0.3 is 0 Å². The van der Waals surface area contributed by atoms with E-state index in [4.69, 9.17) is 11.6 Å². The molecule has 1 aliphatic heterocycles. The molecule has 0 aromatic carbocycles. The molecule has 0 unspecified atom stereocenters. The first-order valence-corrected chi connectivity index (χ1v) is 9.25. The normalized spacial score (nSPS) is 19.2. The van der Waals surface area contributed by atoms with Gasteiger partial charge in [-0.2, -0.15) is 0 Å². The average Bonchev–Trinajstić information content (AvgIpc) is 3.08. The first kappa shape index (κ1) is 17.9. The Morgan fingerprint density at radius 2 is 2.00 bits per heavy atom. The van der Waals surface area contributed by atoms with E-state index < -0.39 is 4.92 Å². The number of anilines is 1. The van der Waals surface area contributed by atoms with Gasteiger partial charge in [-0.15, -0.1) is 0 Å². The molecule has 8 heteroatoms. The highest BCUT2D eigenvalue weighted by atomic mass is 35.5. The number of rotatable bonds is 5. The van der Waals surface area contributed by atoms with Crippen LogP contribution in [0.3, 0.4) is 0 Å². The van der Waals surface area contributed by atoms with Crippen molar-refractivity contribution in [3.05, 3.63) is 27.4 Å². The molecule has 25 heavy (non-hydrogen) atoms. The minimum Gasteiger partial charge on any atom is -0.355 e. The summed E-state index contributed by atoms with van der Waals surface area (Å²) in [6.45, 7) is 1.44. The molecule has 1 N–H and O–H groups in total. The predicted octanol–water partition coefficient (Wildman–Crippen LogP) is 3.31. The molecular weight excluding hydrogens is 344 g/mol. The van der Waals surface area contributed by atoms with Crippen LogP contribution in [0.1, 0.15) is 44.9 Å². The number of nitro groups is 1. The van der Waals surface area contributed by atoms with Crippen molar-refractivity contribution in [1.29, 1.82) is 0 Å². The van der Waals surface area contributed by atoms with Crippen molar-refractivity contribution in [2.24, 2.45) is 5.92 Å². The molecule has 1 aromatic rings. The van der Waals surface area contributed by atoms with Crippen LogP contribution in [0.25, 0.3) is 0 Å². The minimum atomic E-state index is -0.505. The number of amides is 1. The molecule has 7 nitrogen and oxygen atoms in total. The number of pyridine rings is 1. The van der Waals surface area contributed by atoms with E-state index in [0.717, 1.165) is 25.9 Å². The van der Waals surface area contributed by atoms with E-state index in [2.05, 4.69) is 10.3 Å². The van der Waals surface area contributed by atoms with Gasteiger partial charge in [-0.1, -0.05) is 24.4 Å². The summed E-state index contributed by atoms with van der Waals surface area (Å²) < 4.78 is 0. The standard InChI is InChI=1S/C17H23ClN4O3/c18-15-10-14(22(24)25)11-19-17(15)21-7-5-13(6-8-21)20-16(23)9-12-3-1-2-4-12/h10-13H,1-9H2,(H,20,23). The average molecular weight is 367 g/mol. The molecule has 1 aliphatic carbocycles. The van der Waals surface area contributed by atoms with Crippen LogP contribution >= 0.6 is 11.6 Å². The number of carbonyl (C=O) groups is 1. The number of nitrogens with zero attached hydrogens (tertiary/aromatic N) is 3. The summed E-state index contributed by atoms with van der Waals surface area (Å²) >= 11 is 6.14. The zero-order chi connectivity index (χ0) is 17.8. The van der Waals surface area contributed by atoms with E-state index in [1.165, 1.54) is 37.9 Å². The smallest absolute Gasteiger partial charge is 0.289 e. The molecule has 0 spiro atoms. The predicted molar refractivity (Wildman–Crippen MR) is 95.9 cm³/mol. The maximum absolute atomic E-state index is 12.2. The molecule has 1 saturated heterocycles. The fourth-order valence-corrected chi connectivity index (χ4v) is 4.03. The van der Waals surface area contributed by atoms with Gasteiger partial charge in [0.15, 0.2) is 0 Å². The second-order valence-corrected chi connectivity index (χ2v) is 7.35. The number of carbonyl (C=O) groups excluding carboxylic acids is 1. The van der Waals surface area contributed by atoms with E-state index in [-0.39, 0.29) is 22.7 Å². The van der Waals surface area contributed by atoms with Crippen LogP contribution in [-0.2, 0) is 4.79 Å². The Morgan fingerprint density at radius 3 is 2.60 bits per heavy atom. The van der Waals surface area contributed by atoms with Crippen LogP contribution in [0.15, 0.2) is 12.3 Å². The van der Waals surface area contributed by atoms with E-state index in [1.807, 2.05) is 4.90 Å². The van der Waals surface area contributed by atoms with E-state index >= 15 is 0 Å². The molecule has 2 aliphatic rings. The maximum atomic E-state index is 12.2. The van der Waals surface area contributed by atoms with Gasteiger partial charge in [0.25, 0.3) is 5.69 Å². The number of hydrogen-bond donors (Lipinski definition) is 1. The Hall–Kier alpha value is -1.89. The summed E-state index contributed by atoms with van der Waals surface area (Å²) in [5.74, 6) is 1.29. The Bertz CT molecular complexity index is 641. The van der Waals surface area contributed by atoms with Gasteiger partial charge in [-0.05, 0) is 31.6 Å². The molecule has 2 heterocycles. The lowest BCUT2D eigenvalue weighted by molar-refractivity contribution is -0.385. The summed E-state index contributed by atoms with van der Waals surface area (Å²) in [6.07, 6.45) is 8.38. The van der Waals surface area contributed by atoms with Gasteiger partial charge in [-0.3, -0.25) is 14.9 Å². The number of aromatic nitrogens is 1. The first-order chi connectivity index (χ1) is 12.0. The van der Waals surface area contributed by atoms with E-state index in [0.29, 0.717) is 18.2 Å². The molecule has 0 atom stereocenters. The van der Waals surface area contributed by atoms with Crippen molar-refractivity contribution < 1.29 is 9.72 Å². The van der Waals surface area contributed by atoms with Crippen LogP contribution in [0.4, 0.5) is 11.5 Å². The van der Waals surface area contributed by atoms with Crippen molar-refractivity contribution in [3.63, 3.8) is 0 Å². The number of piperidine rings is 1. The van der Waals surface area contributed by atoms with Gasteiger partial charge in [0.1, 0.15) is 12.0 Å². The number of hydrogen-bond acceptors (Lipinski definition) is 5. The Morgan fingerprint density at radius 1 is 1.32 bits per heavy atom. The van der Waals surface area contributed by atoms with Gasteiger partial charge in [-0.25, -0.2) is 4.98 Å². The van der Waals surface area contributed by atoms with Crippen LogP contribution in [0.2, 0.25) is 5.02 Å². The molecule has 1 saturated carbocycles. The Labute approximate surface area is 151 Å². The van der Waals surface area contributed by atoms with Crippen molar-refractivity contribution in [3.8, 4) is 0 Å². The summed E-state index contributed by atoms with van der Waals surface area (Å²) in [4.78, 5) is 28.6. The molecule has 2 fully saturated rings. The zero-order valence-electron chi connectivity index (χ0n) is 14.1. The summed E-state index contributed by atoms with van der Waals surface area (Å²) in [5, 5.41) is 14.2. The fraction of sp³-hybridized carbons (Fsp3) is 0.647. The van der Waals surface area contributed by atoms with Crippen LogP contribution in [0.5, 0.6) is 0 Å². The van der Waals surface area contributed by atoms with Gasteiger partial charge in [0.2, 0.25) is 5.91 Å². The lowest BCUT2D eigenvalue weighted by Gasteiger charge is -2.33. The zero-order valence-corrected chi connectivity index (χ0v) is 14.9. The summed E-state index contributed by atoms with van der Waals surface area (Å²) in [5.41, 5.74) is -0.109.